The number of carbonyl (C=O) groups is 1. The molecule has 1 aromatic carbocycles. The first-order valence-electron chi connectivity index (χ1n) is 10.3. The zero-order valence-electron chi connectivity index (χ0n) is 17.3. The minimum absolute atomic E-state index is 0.0224. The number of amides is 1. The molecule has 0 spiro atoms. The summed E-state index contributed by atoms with van der Waals surface area (Å²) in [7, 11) is 3.16. The van der Waals surface area contributed by atoms with Crippen LogP contribution in [0.15, 0.2) is 43.0 Å². The van der Waals surface area contributed by atoms with Gasteiger partial charge in [-0.3, -0.25) is 4.79 Å². The summed E-state index contributed by atoms with van der Waals surface area (Å²) in [4.78, 5) is 21.2. The van der Waals surface area contributed by atoms with E-state index in [2.05, 4.69) is 21.9 Å². The van der Waals surface area contributed by atoms with Crippen molar-refractivity contribution >= 4 is 5.91 Å². The van der Waals surface area contributed by atoms with Gasteiger partial charge in [-0.1, -0.05) is 6.08 Å². The average Bonchev–Trinajstić information content (AvgIpc) is 3.37. The van der Waals surface area contributed by atoms with E-state index in [0.29, 0.717) is 23.9 Å². The Balaban J connectivity index is 1.41. The molecule has 7 nitrogen and oxygen atoms in total. The Morgan fingerprint density at radius 2 is 1.93 bits per heavy atom. The summed E-state index contributed by atoms with van der Waals surface area (Å²) >= 11 is 0. The summed E-state index contributed by atoms with van der Waals surface area (Å²) in [6, 6.07) is 9.91. The van der Waals surface area contributed by atoms with Gasteiger partial charge in [-0.25, -0.2) is 0 Å². The highest BCUT2D eigenvalue weighted by Crippen LogP contribution is 2.34. The predicted octanol–water partition coefficient (Wildman–Crippen LogP) is 3.40. The first-order chi connectivity index (χ1) is 14.6. The highest BCUT2D eigenvalue weighted by Gasteiger charge is 2.39. The molecule has 2 saturated carbocycles. The number of ether oxygens (including phenoxy) is 3. The molecule has 0 saturated heterocycles. The fourth-order valence-corrected chi connectivity index (χ4v) is 3.86. The number of nitrogens with zero attached hydrogens (tertiary/aromatic N) is 2. The molecule has 0 radical (unpaired) electrons. The fraction of sp³-hybridized carbons (Fsp3) is 0.435. The molecular formula is C23H27N3O4. The van der Waals surface area contributed by atoms with E-state index in [-0.39, 0.29) is 30.0 Å². The van der Waals surface area contributed by atoms with Crippen LogP contribution in [0.2, 0.25) is 0 Å². The average molecular weight is 409 g/mol. The summed E-state index contributed by atoms with van der Waals surface area (Å²) < 4.78 is 16.6. The second-order valence-corrected chi connectivity index (χ2v) is 7.81. The Morgan fingerprint density at radius 3 is 2.60 bits per heavy atom. The number of aromatic nitrogens is 2. The lowest BCUT2D eigenvalue weighted by Gasteiger charge is -2.15. The second-order valence-electron chi connectivity index (χ2n) is 7.81. The zero-order chi connectivity index (χ0) is 21.1. The maximum atomic E-state index is 12.5. The van der Waals surface area contributed by atoms with E-state index in [1.165, 1.54) is 7.11 Å². The molecule has 1 heterocycles. The van der Waals surface area contributed by atoms with Crippen molar-refractivity contribution in [3.8, 4) is 28.9 Å². The van der Waals surface area contributed by atoms with E-state index in [0.717, 1.165) is 30.6 Å². The van der Waals surface area contributed by atoms with Crippen LogP contribution in [-0.4, -0.2) is 42.2 Å². The first-order valence-corrected chi connectivity index (χ1v) is 10.3. The first kappa shape index (κ1) is 20.2. The molecule has 30 heavy (non-hydrogen) atoms. The van der Waals surface area contributed by atoms with Crippen molar-refractivity contribution < 1.29 is 19.0 Å². The monoisotopic (exact) mass is 409 g/mol. The van der Waals surface area contributed by atoms with Gasteiger partial charge in [-0.15, -0.1) is 6.58 Å². The molecule has 7 heteroatoms. The standard InChI is InChI=1S/C23H27N3O4/c1-4-14-12-19(14)24-22(27)16-7-10-18(11-16)30-21-13-20(25-23(26-21)29-3)15-5-8-17(28-2)9-6-15/h4-6,8-9,13-14,16,18-19H,1,7,10-12H2,2-3H3,(H,24,27)/t14?,16?,18-,19+/m0/s1. The Hall–Kier alpha value is -3.09. The van der Waals surface area contributed by atoms with Gasteiger partial charge < -0.3 is 19.5 Å². The molecule has 2 aliphatic rings. The van der Waals surface area contributed by atoms with E-state index >= 15 is 0 Å². The third-order valence-electron chi connectivity index (χ3n) is 5.76. The summed E-state index contributed by atoms with van der Waals surface area (Å²) in [5.74, 6) is 1.75. The largest absolute Gasteiger partial charge is 0.497 e. The van der Waals surface area contributed by atoms with E-state index in [4.69, 9.17) is 14.2 Å². The zero-order valence-corrected chi connectivity index (χ0v) is 17.3. The van der Waals surface area contributed by atoms with Crippen LogP contribution in [0.1, 0.15) is 25.7 Å². The van der Waals surface area contributed by atoms with Crippen LogP contribution >= 0.6 is 0 Å². The van der Waals surface area contributed by atoms with E-state index in [9.17, 15) is 4.79 Å². The Labute approximate surface area is 176 Å². The van der Waals surface area contributed by atoms with Crippen molar-refractivity contribution in [2.24, 2.45) is 11.8 Å². The summed E-state index contributed by atoms with van der Waals surface area (Å²) in [6.07, 6.45) is 5.17. The molecular weight excluding hydrogens is 382 g/mol. The maximum absolute atomic E-state index is 12.5. The van der Waals surface area contributed by atoms with Crippen molar-refractivity contribution in [3.63, 3.8) is 0 Å². The van der Waals surface area contributed by atoms with Crippen LogP contribution in [0.5, 0.6) is 17.6 Å². The van der Waals surface area contributed by atoms with Crippen molar-refractivity contribution in [2.75, 3.05) is 14.2 Å². The quantitative estimate of drug-likeness (QED) is 0.673. The molecule has 4 atom stereocenters. The Morgan fingerprint density at radius 1 is 1.13 bits per heavy atom. The number of nitrogens with one attached hydrogen (secondary N) is 1. The van der Waals surface area contributed by atoms with Crippen molar-refractivity contribution in [3.05, 3.63) is 43.0 Å². The van der Waals surface area contributed by atoms with Crippen molar-refractivity contribution in [1.29, 1.82) is 0 Å². The summed E-state index contributed by atoms with van der Waals surface area (Å²) in [6.45, 7) is 3.79. The van der Waals surface area contributed by atoms with Gasteiger partial charge in [0.1, 0.15) is 11.9 Å². The molecule has 1 amide bonds. The lowest BCUT2D eigenvalue weighted by Crippen LogP contribution is -2.32. The van der Waals surface area contributed by atoms with Crippen LogP contribution in [-0.2, 0) is 4.79 Å². The van der Waals surface area contributed by atoms with Gasteiger partial charge in [0.15, 0.2) is 0 Å². The van der Waals surface area contributed by atoms with Gasteiger partial charge in [-0.2, -0.15) is 9.97 Å². The Kier molecular flexibility index (Phi) is 5.88. The van der Waals surface area contributed by atoms with E-state index in [1.54, 1.807) is 13.2 Å². The molecule has 0 bridgehead atoms. The molecule has 2 aliphatic carbocycles. The number of carbonyl (C=O) groups excluding carboxylic acids is 1. The lowest BCUT2D eigenvalue weighted by atomic mass is 10.1. The van der Waals surface area contributed by atoms with Crippen LogP contribution in [0.25, 0.3) is 11.3 Å². The number of methoxy groups -OCH3 is 2. The van der Waals surface area contributed by atoms with Crippen LogP contribution in [0.4, 0.5) is 0 Å². The molecule has 1 N–H and O–H groups in total. The molecule has 2 unspecified atom stereocenters. The topological polar surface area (TPSA) is 82.6 Å². The SMILES string of the molecule is C=CC1C[C@H]1NC(=O)C1CC[C@H](Oc2cc(-c3ccc(OC)cc3)nc(OC)n2)C1. The minimum atomic E-state index is -0.0570. The fourth-order valence-electron chi connectivity index (χ4n) is 3.86. The maximum Gasteiger partial charge on any atom is 0.320 e. The molecule has 158 valence electrons. The van der Waals surface area contributed by atoms with Crippen molar-refractivity contribution in [2.45, 2.75) is 37.8 Å². The van der Waals surface area contributed by atoms with Crippen LogP contribution in [0, 0.1) is 11.8 Å². The molecule has 2 aromatic rings. The molecule has 4 rings (SSSR count). The van der Waals surface area contributed by atoms with Gasteiger partial charge in [0, 0.05) is 23.6 Å². The Bertz CT molecular complexity index is 915. The highest BCUT2D eigenvalue weighted by molar-refractivity contribution is 5.79. The number of hydrogen-bond donors (Lipinski definition) is 1. The smallest absolute Gasteiger partial charge is 0.320 e. The molecule has 0 aliphatic heterocycles. The van der Waals surface area contributed by atoms with Crippen LogP contribution in [0.3, 0.4) is 0 Å². The highest BCUT2D eigenvalue weighted by atomic mass is 16.5. The number of benzene rings is 1. The predicted molar refractivity (Wildman–Crippen MR) is 113 cm³/mol. The van der Waals surface area contributed by atoms with Gasteiger partial charge >= 0.3 is 6.01 Å². The third-order valence-corrected chi connectivity index (χ3v) is 5.76. The molecule has 1 aromatic heterocycles. The van der Waals surface area contributed by atoms with E-state index < -0.39 is 0 Å². The van der Waals surface area contributed by atoms with Gasteiger partial charge in [0.25, 0.3) is 0 Å². The number of hydrogen-bond acceptors (Lipinski definition) is 6. The third kappa shape index (κ3) is 4.56. The van der Waals surface area contributed by atoms with Gasteiger partial charge in [0.05, 0.1) is 19.9 Å². The lowest BCUT2D eigenvalue weighted by molar-refractivity contribution is -0.125. The van der Waals surface area contributed by atoms with Gasteiger partial charge in [-0.05, 0) is 55.9 Å². The van der Waals surface area contributed by atoms with Crippen LogP contribution < -0.4 is 19.5 Å². The normalized spacial score (nSPS) is 24.7. The summed E-state index contributed by atoms with van der Waals surface area (Å²) in [5.41, 5.74) is 1.61. The van der Waals surface area contributed by atoms with Gasteiger partial charge in [0.2, 0.25) is 11.8 Å². The number of rotatable bonds is 8. The van der Waals surface area contributed by atoms with Crippen molar-refractivity contribution in [1.82, 2.24) is 15.3 Å². The second kappa shape index (κ2) is 8.73. The van der Waals surface area contributed by atoms with E-state index in [1.807, 2.05) is 30.3 Å². The minimum Gasteiger partial charge on any atom is -0.497 e. The summed E-state index contributed by atoms with van der Waals surface area (Å²) in [5, 5.41) is 3.12. The molecule has 2 fully saturated rings.